The number of pyridine rings is 1. The van der Waals surface area contributed by atoms with E-state index >= 15 is 0 Å². The lowest BCUT2D eigenvalue weighted by atomic mass is 10.1. The van der Waals surface area contributed by atoms with Crippen LogP contribution in [0.3, 0.4) is 0 Å². The van der Waals surface area contributed by atoms with E-state index in [1.54, 1.807) is 17.3 Å². The predicted molar refractivity (Wildman–Crippen MR) is 87.8 cm³/mol. The van der Waals surface area contributed by atoms with Crippen LogP contribution < -0.4 is 5.32 Å². The zero-order valence-corrected chi connectivity index (χ0v) is 13.8. The van der Waals surface area contributed by atoms with Crippen molar-refractivity contribution in [3.8, 4) is 0 Å². The average molecular weight is 347 g/mol. The number of amides is 2. The first kappa shape index (κ1) is 17.3. The fourth-order valence-electron chi connectivity index (χ4n) is 2.74. The van der Waals surface area contributed by atoms with Crippen molar-refractivity contribution in [3.05, 3.63) is 65.5 Å². The third kappa shape index (κ3) is 4.11. The molecule has 132 valence electrons. The Labute approximate surface area is 144 Å². The van der Waals surface area contributed by atoms with Crippen molar-refractivity contribution >= 4 is 6.03 Å². The number of carbonyl (C=O) groups is 1. The third-order valence-electron chi connectivity index (χ3n) is 4.19. The first-order chi connectivity index (χ1) is 12.0. The highest BCUT2D eigenvalue weighted by Crippen LogP contribution is 2.24. The maximum absolute atomic E-state index is 13.4. The van der Waals surface area contributed by atoms with Crippen LogP contribution in [-0.2, 0) is 4.74 Å². The molecule has 25 heavy (non-hydrogen) atoms. The van der Waals surface area contributed by atoms with Gasteiger partial charge in [0.1, 0.15) is 6.10 Å². The smallest absolute Gasteiger partial charge is 0.318 e. The molecule has 2 aromatic rings. The summed E-state index contributed by atoms with van der Waals surface area (Å²) in [5.74, 6) is -1.83. The van der Waals surface area contributed by atoms with Gasteiger partial charge in [0, 0.05) is 18.9 Å². The SMILES string of the molecule is C[C@H](NC(=O)N1CCO[C@@H](c2ccc(F)c(F)c2)C1)c1cccnc1. The lowest BCUT2D eigenvalue weighted by molar-refractivity contribution is -0.0159. The molecule has 7 heteroatoms. The molecule has 5 nitrogen and oxygen atoms in total. The summed E-state index contributed by atoms with van der Waals surface area (Å²) in [7, 11) is 0. The van der Waals surface area contributed by atoms with Crippen molar-refractivity contribution < 1.29 is 18.3 Å². The van der Waals surface area contributed by atoms with E-state index in [1.807, 2.05) is 19.1 Å². The van der Waals surface area contributed by atoms with Crippen LogP contribution in [0.25, 0.3) is 0 Å². The Hall–Kier alpha value is -2.54. The molecular weight excluding hydrogens is 328 g/mol. The number of morpholine rings is 1. The zero-order chi connectivity index (χ0) is 17.8. The largest absolute Gasteiger partial charge is 0.370 e. The molecule has 1 aliphatic heterocycles. The van der Waals surface area contributed by atoms with Crippen molar-refractivity contribution in [2.75, 3.05) is 19.7 Å². The number of benzene rings is 1. The van der Waals surface area contributed by atoms with Gasteiger partial charge in [-0.05, 0) is 36.2 Å². The van der Waals surface area contributed by atoms with Crippen LogP contribution in [0.4, 0.5) is 13.6 Å². The number of nitrogens with zero attached hydrogens (tertiary/aromatic N) is 2. The maximum Gasteiger partial charge on any atom is 0.318 e. The lowest BCUT2D eigenvalue weighted by Crippen LogP contribution is -2.47. The lowest BCUT2D eigenvalue weighted by Gasteiger charge is -2.34. The molecule has 1 N–H and O–H groups in total. The van der Waals surface area contributed by atoms with Crippen LogP contribution in [0.5, 0.6) is 0 Å². The Balaban J connectivity index is 1.64. The van der Waals surface area contributed by atoms with Gasteiger partial charge in [-0.3, -0.25) is 4.98 Å². The summed E-state index contributed by atoms with van der Waals surface area (Å²) in [6.07, 6.45) is 2.89. The highest BCUT2D eigenvalue weighted by Gasteiger charge is 2.26. The molecule has 0 radical (unpaired) electrons. The monoisotopic (exact) mass is 347 g/mol. The van der Waals surface area contributed by atoms with Gasteiger partial charge in [-0.25, -0.2) is 13.6 Å². The Kier molecular flexibility index (Phi) is 5.23. The van der Waals surface area contributed by atoms with Crippen LogP contribution in [0.2, 0.25) is 0 Å². The van der Waals surface area contributed by atoms with Crippen LogP contribution in [0.15, 0.2) is 42.7 Å². The first-order valence-electron chi connectivity index (χ1n) is 8.06. The minimum absolute atomic E-state index is 0.189. The summed E-state index contributed by atoms with van der Waals surface area (Å²) in [5.41, 5.74) is 1.41. The number of aromatic nitrogens is 1. The molecule has 0 spiro atoms. The van der Waals surface area contributed by atoms with E-state index in [-0.39, 0.29) is 18.6 Å². The van der Waals surface area contributed by atoms with Gasteiger partial charge in [0.25, 0.3) is 0 Å². The van der Waals surface area contributed by atoms with Crippen molar-refractivity contribution in [1.82, 2.24) is 15.2 Å². The van der Waals surface area contributed by atoms with Crippen molar-refractivity contribution in [1.29, 1.82) is 0 Å². The number of nitrogens with one attached hydrogen (secondary N) is 1. The van der Waals surface area contributed by atoms with E-state index in [9.17, 15) is 13.6 Å². The van der Waals surface area contributed by atoms with Gasteiger partial charge in [0.15, 0.2) is 11.6 Å². The number of hydrogen-bond acceptors (Lipinski definition) is 3. The normalized spacial score (nSPS) is 18.7. The Morgan fingerprint density at radius 2 is 2.20 bits per heavy atom. The maximum atomic E-state index is 13.4. The quantitative estimate of drug-likeness (QED) is 0.928. The zero-order valence-electron chi connectivity index (χ0n) is 13.8. The number of ether oxygens (including phenoxy) is 1. The molecule has 0 bridgehead atoms. The van der Waals surface area contributed by atoms with Crippen LogP contribution >= 0.6 is 0 Å². The summed E-state index contributed by atoms with van der Waals surface area (Å²) in [5, 5.41) is 2.92. The van der Waals surface area contributed by atoms with Crippen LogP contribution in [-0.4, -0.2) is 35.6 Å². The standard InChI is InChI=1S/C18H19F2N3O2/c1-12(14-3-2-6-21-10-14)22-18(24)23-7-8-25-17(11-23)13-4-5-15(19)16(20)9-13/h2-6,9-10,12,17H,7-8,11H2,1H3,(H,22,24)/t12-,17+/m0/s1. The number of carbonyl (C=O) groups excluding carboxylic acids is 1. The molecule has 1 fully saturated rings. The van der Waals surface area contributed by atoms with Gasteiger partial charge < -0.3 is 15.0 Å². The molecule has 0 saturated carbocycles. The van der Waals surface area contributed by atoms with Crippen LogP contribution in [0, 0.1) is 11.6 Å². The topological polar surface area (TPSA) is 54.5 Å². The number of rotatable bonds is 3. The summed E-state index contributed by atoms with van der Waals surface area (Å²) in [6.45, 7) is 2.92. The second kappa shape index (κ2) is 7.57. The molecule has 2 atom stereocenters. The first-order valence-corrected chi connectivity index (χ1v) is 8.06. The summed E-state index contributed by atoms with van der Waals surface area (Å²) < 4.78 is 32.1. The molecule has 0 aliphatic carbocycles. The van der Waals surface area contributed by atoms with E-state index in [2.05, 4.69) is 10.3 Å². The molecular formula is C18H19F2N3O2. The summed E-state index contributed by atoms with van der Waals surface area (Å²) in [6, 6.07) is 6.94. The molecule has 1 saturated heterocycles. The second-order valence-corrected chi connectivity index (χ2v) is 5.94. The van der Waals surface area contributed by atoms with Crippen molar-refractivity contribution in [2.45, 2.75) is 19.1 Å². The minimum atomic E-state index is -0.923. The van der Waals surface area contributed by atoms with Crippen molar-refractivity contribution in [3.63, 3.8) is 0 Å². The minimum Gasteiger partial charge on any atom is -0.370 e. The predicted octanol–water partition coefficient (Wildman–Crippen LogP) is 3.20. The van der Waals surface area contributed by atoms with E-state index < -0.39 is 17.7 Å². The fourth-order valence-corrected chi connectivity index (χ4v) is 2.74. The fraction of sp³-hybridized carbons (Fsp3) is 0.333. The molecule has 3 rings (SSSR count). The highest BCUT2D eigenvalue weighted by atomic mass is 19.2. The number of hydrogen-bond donors (Lipinski definition) is 1. The van der Waals surface area contributed by atoms with Crippen molar-refractivity contribution in [2.24, 2.45) is 0 Å². The Bertz CT molecular complexity index is 742. The molecule has 1 aromatic heterocycles. The number of halogens is 2. The van der Waals surface area contributed by atoms with E-state index in [1.165, 1.54) is 6.07 Å². The molecule has 2 heterocycles. The van der Waals surface area contributed by atoms with Gasteiger partial charge in [-0.1, -0.05) is 12.1 Å². The van der Waals surface area contributed by atoms with E-state index in [0.29, 0.717) is 18.7 Å². The Morgan fingerprint density at radius 3 is 2.92 bits per heavy atom. The third-order valence-corrected chi connectivity index (χ3v) is 4.19. The van der Waals surface area contributed by atoms with E-state index in [0.717, 1.165) is 17.7 Å². The van der Waals surface area contributed by atoms with Gasteiger partial charge in [0.05, 0.1) is 19.2 Å². The molecule has 1 aromatic carbocycles. The highest BCUT2D eigenvalue weighted by molar-refractivity contribution is 5.74. The molecule has 0 unspecified atom stereocenters. The number of urea groups is 1. The second-order valence-electron chi connectivity index (χ2n) is 5.94. The van der Waals surface area contributed by atoms with Gasteiger partial charge in [-0.2, -0.15) is 0 Å². The van der Waals surface area contributed by atoms with Crippen LogP contribution in [0.1, 0.15) is 30.2 Å². The average Bonchev–Trinajstić information content (AvgIpc) is 2.64. The summed E-state index contributed by atoms with van der Waals surface area (Å²) in [4.78, 5) is 18.1. The Morgan fingerprint density at radius 1 is 1.36 bits per heavy atom. The summed E-state index contributed by atoms with van der Waals surface area (Å²) >= 11 is 0. The molecule has 2 amide bonds. The molecule has 1 aliphatic rings. The van der Waals surface area contributed by atoms with E-state index in [4.69, 9.17) is 4.74 Å². The van der Waals surface area contributed by atoms with Gasteiger partial charge in [-0.15, -0.1) is 0 Å². The van der Waals surface area contributed by atoms with Gasteiger partial charge in [0.2, 0.25) is 0 Å². The van der Waals surface area contributed by atoms with Gasteiger partial charge >= 0.3 is 6.03 Å².